The van der Waals surface area contributed by atoms with E-state index < -0.39 is 11.5 Å². The van der Waals surface area contributed by atoms with Crippen molar-refractivity contribution in [3.8, 4) is 0 Å². The van der Waals surface area contributed by atoms with E-state index in [1.54, 1.807) is 0 Å². The van der Waals surface area contributed by atoms with E-state index in [2.05, 4.69) is 12.2 Å². The minimum Gasteiger partial charge on any atom is -0.480 e. The quantitative estimate of drug-likeness (QED) is 0.866. The first-order valence-corrected chi connectivity index (χ1v) is 7.14. The first kappa shape index (κ1) is 13.9. The normalized spacial score (nSPS) is 26.9. The van der Waals surface area contributed by atoms with Gasteiger partial charge in [0.1, 0.15) is 5.54 Å². The van der Waals surface area contributed by atoms with Crippen molar-refractivity contribution in [2.24, 2.45) is 5.92 Å². The number of para-hydroxylation sites is 1. The van der Waals surface area contributed by atoms with E-state index in [1.165, 1.54) is 0 Å². The van der Waals surface area contributed by atoms with Crippen molar-refractivity contribution >= 4 is 11.7 Å². The van der Waals surface area contributed by atoms with Gasteiger partial charge in [0, 0.05) is 5.69 Å². The van der Waals surface area contributed by atoms with Gasteiger partial charge in [-0.15, -0.1) is 0 Å². The van der Waals surface area contributed by atoms with Crippen molar-refractivity contribution in [1.82, 2.24) is 0 Å². The standard InChI is InChI=1S/C16H23NO2/c1-3-13-8-6-10-16(11-13,15(18)19)17-14-9-5-4-7-12(14)2/h4-5,7,9,13,17H,3,6,8,10-11H2,1-2H3,(H,18,19). The highest BCUT2D eigenvalue weighted by molar-refractivity contribution is 5.83. The predicted octanol–water partition coefficient (Wildman–Crippen LogP) is 3.83. The lowest BCUT2D eigenvalue weighted by Gasteiger charge is -2.39. The molecular weight excluding hydrogens is 238 g/mol. The summed E-state index contributed by atoms with van der Waals surface area (Å²) >= 11 is 0. The molecule has 0 heterocycles. The Labute approximate surface area is 115 Å². The Balaban J connectivity index is 2.25. The predicted molar refractivity (Wildman–Crippen MR) is 77.4 cm³/mol. The topological polar surface area (TPSA) is 49.3 Å². The van der Waals surface area contributed by atoms with Gasteiger partial charge in [0.2, 0.25) is 0 Å². The summed E-state index contributed by atoms with van der Waals surface area (Å²) in [6.45, 7) is 4.16. The number of rotatable bonds is 4. The van der Waals surface area contributed by atoms with Crippen LogP contribution < -0.4 is 5.32 Å². The molecule has 104 valence electrons. The Morgan fingerprint density at radius 1 is 1.47 bits per heavy atom. The van der Waals surface area contributed by atoms with E-state index >= 15 is 0 Å². The number of carboxylic acid groups (broad SMARTS) is 1. The molecule has 1 fully saturated rings. The van der Waals surface area contributed by atoms with Gasteiger partial charge in [0.15, 0.2) is 0 Å². The zero-order valence-electron chi connectivity index (χ0n) is 11.8. The van der Waals surface area contributed by atoms with E-state index in [0.717, 1.165) is 36.9 Å². The maximum Gasteiger partial charge on any atom is 0.329 e. The monoisotopic (exact) mass is 261 g/mol. The number of hydrogen-bond acceptors (Lipinski definition) is 2. The second kappa shape index (κ2) is 5.64. The van der Waals surface area contributed by atoms with E-state index in [1.807, 2.05) is 31.2 Å². The minimum absolute atomic E-state index is 0.515. The van der Waals surface area contributed by atoms with Gasteiger partial charge in [-0.2, -0.15) is 0 Å². The van der Waals surface area contributed by atoms with Crippen LogP contribution in [0.2, 0.25) is 0 Å². The maximum absolute atomic E-state index is 11.8. The Kier molecular flexibility index (Phi) is 4.13. The highest BCUT2D eigenvalue weighted by Gasteiger charge is 2.42. The molecule has 1 aromatic rings. The first-order chi connectivity index (χ1) is 9.07. The highest BCUT2D eigenvalue weighted by atomic mass is 16.4. The Bertz CT molecular complexity index is 458. The van der Waals surface area contributed by atoms with E-state index in [4.69, 9.17) is 0 Å². The van der Waals surface area contributed by atoms with Crippen molar-refractivity contribution < 1.29 is 9.90 Å². The summed E-state index contributed by atoms with van der Waals surface area (Å²) in [5.74, 6) is -0.199. The van der Waals surface area contributed by atoms with Crippen molar-refractivity contribution in [3.05, 3.63) is 29.8 Å². The van der Waals surface area contributed by atoms with Crippen molar-refractivity contribution in [2.75, 3.05) is 5.32 Å². The van der Waals surface area contributed by atoms with Gasteiger partial charge in [0.25, 0.3) is 0 Å². The van der Waals surface area contributed by atoms with Gasteiger partial charge >= 0.3 is 5.97 Å². The molecular formula is C16H23NO2. The number of benzene rings is 1. The van der Waals surface area contributed by atoms with Crippen LogP contribution in [0.5, 0.6) is 0 Å². The Morgan fingerprint density at radius 2 is 2.21 bits per heavy atom. The van der Waals surface area contributed by atoms with E-state index in [0.29, 0.717) is 12.3 Å². The smallest absolute Gasteiger partial charge is 0.329 e. The molecule has 0 amide bonds. The summed E-state index contributed by atoms with van der Waals surface area (Å²) in [6, 6.07) is 7.91. The van der Waals surface area contributed by atoms with Crippen LogP contribution in [0.3, 0.4) is 0 Å². The van der Waals surface area contributed by atoms with Gasteiger partial charge in [-0.25, -0.2) is 4.79 Å². The number of carboxylic acids is 1. The second-order valence-corrected chi connectivity index (χ2v) is 5.70. The number of carbonyl (C=O) groups is 1. The molecule has 0 saturated heterocycles. The average Bonchev–Trinajstić information content (AvgIpc) is 2.41. The average molecular weight is 261 g/mol. The zero-order chi connectivity index (χ0) is 13.9. The largest absolute Gasteiger partial charge is 0.480 e. The second-order valence-electron chi connectivity index (χ2n) is 5.70. The van der Waals surface area contributed by atoms with Gasteiger partial charge in [-0.05, 0) is 37.3 Å². The molecule has 2 unspecified atom stereocenters. The molecule has 2 N–H and O–H groups in total. The molecule has 19 heavy (non-hydrogen) atoms. The molecule has 0 spiro atoms. The zero-order valence-corrected chi connectivity index (χ0v) is 11.8. The maximum atomic E-state index is 11.8. The fraction of sp³-hybridized carbons (Fsp3) is 0.562. The Hall–Kier alpha value is -1.51. The lowest BCUT2D eigenvalue weighted by molar-refractivity contribution is -0.144. The third kappa shape index (κ3) is 2.91. The van der Waals surface area contributed by atoms with Gasteiger partial charge in [-0.3, -0.25) is 0 Å². The fourth-order valence-electron chi connectivity index (χ4n) is 3.07. The summed E-state index contributed by atoms with van der Waals surface area (Å²) in [4.78, 5) is 11.8. The third-order valence-electron chi connectivity index (χ3n) is 4.36. The molecule has 3 nitrogen and oxygen atoms in total. The molecule has 0 bridgehead atoms. The first-order valence-electron chi connectivity index (χ1n) is 7.14. The summed E-state index contributed by atoms with van der Waals surface area (Å²) < 4.78 is 0. The molecule has 0 radical (unpaired) electrons. The van der Waals surface area contributed by atoms with Crippen molar-refractivity contribution in [2.45, 2.75) is 51.5 Å². The van der Waals surface area contributed by atoms with Gasteiger partial charge in [0.05, 0.1) is 0 Å². The summed E-state index contributed by atoms with van der Waals surface area (Å²) in [6.07, 6.45) is 4.65. The lowest BCUT2D eigenvalue weighted by atomic mass is 9.74. The van der Waals surface area contributed by atoms with Crippen LogP contribution in [0.15, 0.2) is 24.3 Å². The minimum atomic E-state index is -0.787. The molecule has 1 aliphatic rings. The number of hydrogen-bond donors (Lipinski definition) is 2. The molecule has 2 rings (SSSR count). The van der Waals surface area contributed by atoms with E-state index in [9.17, 15) is 9.90 Å². The number of anilines is 1. The molecule has 2 atom stereocenters. The number of aryl methyl sites for hydroxylation is 1. The fourth-order valence-corrected chi connectivity index (χ4v) is 3.07. The lowest BCUT2D eigenvalue weighted by Crippen LogP contribution is -2.50. The molecule has 1 saturated carbocycles. The van der Waals surface area contributed by atoms with E-state index in [-0.39, 0.29) is 0 Å². The Morgan fingerprint density at radius 3 is 2.84 bits per heavy atom. The van der Waals surface area contributed by atoms with Crippen LogP contribution in [-0.2, 0) is 4.79 Å². The van der Waals surface area contributed by atoms with Crippen molar-refractivity contribution in [1.29, 1.82) is 0 Å². The van der Waals surface area contributed by atoms with Crippen LogP contribution in [0.1, 0.15) is 44.6 Å². The third-order valence-corrected chi connectivity index (χ3v) is 4.36. The van der Waals surface area contributed by atoms with Crippen LogP contribution in [-0.4, -0.2) is 16.6 Å². The highest BCUT2D eigenvalue weighted by Crippen LogP contribution is 2.37. The SMILES string of the molecule is CCC1CCCC(Nc2ccccc2C)(C(=O)O)C1. The molecule has 3 heteroatoms. The molecule has 1 aromatic carbocycles. The summed E-state index contributed by atoms with van der Waals surface area (Å²) in [5.41, 5.74) is 1.26. The molecule has 1 aliphatic carbocycles. The van der Waals surface area contributed by atoms with Crippen LogP contribution in [0.25, 0.3) is 0 Å². The van der Waals surface area contributed by atoms with Crippen LogP contribution >= 0.6 is 0 Å². The molecule has 0 aliphatic heterocycles. The van der Waals surface area contributed by atoms with Crippen molar-refractivity contribution in [3.63, 3.8) is 0 Å². The van der Waals surface area contributed by atoms with Crippen LogP contribution in [0, 0.1) is 12.8 Å². The number of nitrogens with one attached hydrogen (secondary N) is 1. The molecule has 0 aromatic heterocycles. The van der Waals surface area contributed by atoms with Gasteiger partial charge < -0.3 is 10.4 Å². The van der Waals surface area contributed by atoms with Gasteiger partial charge in [-0.1, -0.05) is 44.4 Å². The summed E-state index contributed by atoms with van der Waals surface area (Å²) in [5, 5.41) is 13.0. The summed E-state index contributed by atoms with van der Waals surface area (Å²) in [7, 11) is 0. The number of aliphatic carboxylic acids is 1. The van der Waals surface area contributed by atoms with Crippen LogP contribution in [0.4, 0.5) is 5.69 Å².